The van der Waals surface area contributed by atoms with Gasteiger partial charge in [-0.25, -0.2) is 14.5 Å². The summed E-state index contributed by atoms with van der Waals surface area (Å²) in [6, 6.07) is 3.27. The van der Waals surface area contributed by atoms with Crippen LogP contribution in [0.2, 0.25) is 0 Å². The molecule has 0 aliphatic heterocycles. The second kappa shape index (κ2) is 4.83. The molecule has 0 saturated heterocycles. The highest BCUT2D eigenvalue weighted by Crippen LogP contribution is 2.34. The number of benzene rings is 1. The van der Waals surface area contributed by atoms with Gasteiger partial charge in [-0.3, -0.25) is 0 Å². The van der Waals surface area contributed by atoms with Gasteiger partial charge in [-0.05, 0) is 18.2 Å². The zero-order valence-corrected chi connectivity index (χ0v) is 10.2. The molecule has 0 aliphatic carbocycles. The number of nitrogen functional groups attached to an aromatic ring is 1. The average molecular weight is 286 g/mol. The van der Waals surface area contributed by atoms with Crippen LogP contribution in [0.3, 0.4) is 0 Å². The van der Waals surface area contributed by atoms with Crippen LogP contribution in [-0.4, -0.2) is 27.8 Å². The number of anilines is 1. The van der Waals surface area contributed by atoms with E-state index in [-0.39, 0.29) is 11.5 Å². The summed E-state index contributed by atoms with van der Waals surface area (Å²) in [5, 5.41) is 3.73. The van der Waals surface area contributed by atoms with Gasteiger partial charge in [-0.15, -0.1) is 5.10 Å². The molecule has 0 saturated carbocycles. The largest absolute Gasteiger partial charge is 0.463 e. The van der Waals surface area contributed by atoms with Crippen molar-refractivity contribution in [2.75, 3.05) is 12.8 Å². The summed E-state index contributed by atoms with van der Waals surface area (Å²) < 4.78 is 43.6. The number of methoxy groups -OCH3 is 1. The van der Waals surface area contributed by atoms with Crippen LogP contribution in [0.25, 0.3) is 5.69 Å². The number of hydrogen-bond acceptors (Lipinski definition) is 5. The normalized spacial score (nSPS) is 11.4. The molecule has 1 aromatic carbocycles. The van der Waals surface area contributed by atoms with Crippen molar-refractivity contribution >= 4 is 11.7 Å². The van der Waals surface area contributed by atoms with Crippen LogP contribution in [-0.2, 0) is 10.9 Å². The molecule has 2 N–H and O–H groups in total. The van der Waals surface area contributed by atoms with E-state index >= 15 is 0 Å². The van der Waals surface area contributed by atoms with E-state index in [1.807, 2.05) is 0 Å². The summed E-state index contributed by atoms with van der Waals surface area (Å²) in [5.41, 5.74) is 3.99. The molecule has 106 valence electrons. The third kappa shape index (κ3) is 2.56. The average Bonchev–Trinajstić information content (AvgIpc) is 2.86. The maximum absolute atomic E-state index is 12.7. The third-order valence-electron chi connectivity index (χ3n) is 2.47. The highest BCUT2D eigenvalue weighted by Gasteiger charge is 2.33. The van der Waals surface area contributed by atoms with Crippen LogP contribution >= 0.6 is 0 Å². The Balaban J connectivity index is 2.44. The molecule has 9 heteroatoms. The summed E-state index contributed by atoms with van der Waals surface area (Å²) in [4.78, 5) is 14.8. The Morgan fingerprint density at radius 1 is 1.40 bits per heavy atom. The number of nitrogens with two attached hydrogens (primary N) is 1. The van der Waals surface area contributed by atoms with Gasteiger partial charge in [0, 0.05) is 5.69 Å². The van der Waals surface area contributed by atoms with Crippen molar-refractivity contribution in [2.24, 2.45) is 0 Å². The standard InChI is InChI=1S/C11H9F3N4O2/c1-20-10(19)9-16-5-18(17-9)6-2-3-8(15)7(4-6)11(12,13)14/h2-5H,15H2,1H3. The molecular formula is C11H9F3N4O2. The minimum atomic E-state index is -4.58. The molecule has 6 nitrogen and oxygen atoms in total. The first-order chi connectivity index (χ1) is 9.32. The van der Waals surface area contributed by atoms with Crippen molar-refractivity contribution in [2.45, 2.75) is 6.18 Å². The lowest BCUT2D eigenvalue weighted by Crippen LogP contribution is -2.10. The van der Waals surface area contributed by atoms with Gasteiger partial charge >= 0.3 is 12.1 Å². The molecular weight excluding hydrogens is 277 g/mol. The second-order valence-corrected chi connectivity index (χ2v) is 3.77. The van der Waals surface area contributed by atoms with Crippen molar-refractivity contribution in [1.82, 2.24) is 14.8 Å². The summed E-state index contributed by atoms with van der Waals surface area (Å²) >= 11 is 0. The zero-order valence-electron chi connectivity index (χ0n) is 10.2. The predicted octanol–water partition coefficient (Wildman–Crippen LogP) is 1.65. The molecule has 0 spiro atoms. The van der Waals surface area contributed by atoms with Gasteiger partial charge in [0.05, 0.1) is 18.4 Å². The van der Waals surface area contributed by atoms with E-state index in [1.165, 1.54) is 6.07 Å². The van der Waals surface area contributed by atoms with Crippen LogP contribution in [0, 0.1) is 0 Å². The Labute approximate surface area is 111 Å². The summed E-state index contributed by atoms with van der Waals surface area (Å²) in [6.45, 7) is 0. The zero-order chi connectivity index (χ0) is 14.9. The molecule has 0 fully saturated rings. The lowest BCUT2D eigenvalue weighted by molar-refractivity contribution is -0.136. The van der Waals surface area contributed by atoms with Gasteiger partial charge in [-0.2, -0.15) is 13.2 Å². The first-order valence-electron chi connectivity index (χ1n) is 5.30. The molecule has 1 heterocycles. The Morgan fingerprint density at radius 2 is 2.10 bits per heavy atom. The molecule has 0 aliphatic rings. The van der Waals surface area contributed by atoms with Gasteiger partial charge in [0.15, 0.2) is 0 Å². The van der Waals surface area contributed by atoms with E-state index in [0.717, 1.165) is 30.3 Å². The van der Waals surface area contributed by atoms with Crippen LogP contribution in [0.1, 0.15) is 16.2 Å². The minimum Gasteiger partial charge on any atom is -0.463 e. The summed E-state index contributed by atoms with van der Waals surface area (Å²) in [5.74, 6) is -1.03. The number of nitrogens with zero attached hydrogens (tertiary/aromatic N) is 3. The molecule has 1 aromatic heterocycles. The molecule has 2 rings (SSSR count). The van der Waals surface area contributed by atoms with Crippen molar-refractivity contribution < 1.29 is 22.7 Å². The van der Waals surface area contributed by atoms with Crippen LogP contribution in [0.5, 0.6) is 0 Å². The van der Waals surface area contributed by atoms with Gasteiger partial charge in [-0.1, -0.05) is 0 Å². The highest BCUT2D eigenvalue weighted by atomic mass is 19.4. The topological polar surface area (TPSA) is 83.0 Å². The molecule has 0 bridgehead atoms. The highest BCUT2D eigenvalue weighted by molar-refractivity contribution is 5.84. The second-order valence-electron chi connectivity index (χ2n) is 3.77. The monoisotopic (exact) mass is 286 g/mol. The van der Waals surface area contributed by atoms with E-state index in [9.17, 15) is 18.0 Å². The molecule has 0 unspecified atom stereocenters. The van der Waals surface area contributed by atoms with Crippen LogP contribution in [0.15, 0.2) is 24.5 Å². The van der Waals surface area contributed by atoms with Crippen molar-refractivity contribution in [3.8, 4) is 5.69 Å². The molecule has 0 radical (unpaired) electrons. The number of ether oxygens (including phenoxy) is 1. The number of carbonyl (C=O) groups excluding carboxylic acids is 1. The van der Waals surface area contributed by atoms with Gasteiger partial charge in [0.2, 0.25) is 0 Å². The smallest absolute Gasteiger partial charge is 0.418 e. The fourth-order valence-electron chi connectivity index (χ4n) is 1.50. The maximum Gasteiger partial charge on any atom is 0.418 e. The molecule has 2 aromatic rings. The maximum atomic E-state index is 12.7. The lowest BCUT2D eigenvalue weighted by atomic mass is 10.1. The Morgan fingerprint density at radius 3 is 2.70 bits per heavy atom. The number of esters is 1. The number of alkyl halides is 3. The van der Waals surface area contributed by atoms with Gasteiger partial charge < -0.3 is 10.5 Å². The van der Waals surface area contributed by atoms with Crippen LogP contribution < -0.4 is 5.73 Å². The SMILES string of the molecule is COC(=O)c1ncn(-c2ccc(N)c(C(F)(F)F)c2)n1. The molecule has 0 amide bonds. The summed E-state index contributed by atoms with van der Waals surface area (Å²) in [6.07, 6.45) is -3.47. The number of carbonyl (C=O) groups is 1. The van der Waals surface area contributed by atoms with E-state index < -0.39 is 23.4 Å². The number of aromatic nitrogens is 3. The quantitative estimate of drug-likeness (QED) is 0.670. The van der Waals surface area contributed by atoms with Gasteiger partial charge in [0.25, 0.3) is 5.82 Å². The van der Waals surface area contributed by atoms with Crippen molar-refractivity contribution in [3.05, 3.63) is 35.9 Å². The number of rotatable bonds is 2. The lowest BCUT2D eigenvalue weighted by Gasteiger charge is -2.11. The number of halogens is 3. The Bertz CT molecular complexity index is 651. The molecule has 0 atom stereocenters. The van der Waals surface area contributed by atoms with E-state index in [1.54, 1.807) is 0 Å². The van der Waals surface area contributed by atoms with E-state index in [4.69, 9.17) is 5.73 Å². The van der Waals surface area contributed by atoms with Gasteiger partial charge in [0.1, 0.15) is 6.33 Å². The van der Waals surface area contributed by atoms with E-state index in [2.05, 4.69) is 14.8 Å². The van der Waals surface area contributed by atoms with Crippen LogP contribution in [0.4, 0.5) is 18.9 Å². The first kappa shape index (κ1) is 13.8. The Kier molecular flexibility index (Phi) is 3.35. The van der Waals surface area contributed by atoms with Crippen molar-refractivity contribution in [3.63, 3.8) is 0 Å². The predicted molar refractivity (Wildman–Crippen MR) is 62.1 cm³/mol. The third-order valence-corrected chi connectivity index (χ3v) is 2.47. The fourth-order valence-corrected chi connectivity index (χ4v) is 1.50. The number of hydrogen-bond donors (Lipinski definition) is 1. The fraction of sp³-hybridized carbons (Fsp3) is 0.182. The minimum absolute atomic E-state index is 0.0779. The first-order valence-corrected chi connectivity index (χ1v) is 5.30. The molecule has 20 heavy (non-hydrogen) atoms. The Hall–Kier alpha value is -2.58. The van der Waals surface area contributed by atoms with E-state index in [0.29, 0.717) is 0 Å². The summed E-state index contributed by atoms with van der Waals surface area (Å²) in [7, 11) is 1.15. The van der Waals surface area contributed by atoms with Crippen molar-refractivity contribution in [1.29, 1.82) is 0 Å².